The molecular weight excluding hydrogens is 368 g/mol. The van der Waals surface area contributed by atoms with Crippen LogP contribution in [-0.4, -0.2) is 46.0 Å². The molecule has 1 saturated heterocycles. The van der Waals surface area contributed by atoms with Crippen molar-refractivity contribution in [2.75, 3.05) is 27.2 Å². The van der Waals surface area contributed by atoms with Crippen LogP contribution >= 0.6 is 27.5 Å². The van der Waals surface area contributed by atoms with Crippen LogP contribution in [0.5, 0.6) is 5.75 Å². The molecule has 0 radical (unpaired) electrons. The molecule has 2 rings (SSSR count). The number of nitrogens with one attached hydrogen (secondary N) is 1. The molecule has 0 spiro atoms. The third-order valence-corrected chi connectivity index (χ3v) is 6.03. The summed E-state index contributed by atoms with van der Waals surface area (Å²) in [4.78, 5) is 0.0936. The van der Waals surface area contributed by atoms with E-state index in [1.165, 1.54) is 17.5 Å². The fourth-order valence-corrected chi connectivity index (χ4v) is 5.12. The Labute approximate surface area is 132 Å². The van der Waals surface area contributed by atoms with Crippen molar-refractivity contribution in [3.8, 4) is 5.75 Å². The van der Waals surface area contributed by atoms with E-state index in [0.717, 1.165) is 6.42 Å². The number of halogens is 2. The van der Waals surface area contributed by atoms with Crippen molar-refractivity contribution in [1.82, 2.24) is 9.62 Å². The van der Waals surface area contributed by atoms with E-state index in [4.69, 9.17) is 16.3 Å². The quantitative estimate of drug-likeness (QED) is 0.865. The Hall–Kier alpha value is -0.340. The maximum Gasteiger partial charge on any atom is 0.246 e. The monoisotopic (exact) mass is 382 g/mol. The minimum Gasteiger partial charge on any atom is -0.494 e. The molecule has 1 aromatic carbocycles. The molecule has 1 aliphatic rings. The van der Waals surface area contributed by atoms with Crippen molar-refractivity contribution in [3.05, 3.63) is 21.6 Å². The van der Waals surface area contributed by atoms with E-state index in [0.29, 0.717) is 22.6 Å². The molecular formula is C12H16BrClN2O3S. The number of ether oxygens (including phenoxy) is 1. The molecule has 1 aromatic rings. The third-order valence-electron chi connectivity index (χ3n) is 3.36. The summed E-state index contributed by atoms with van der Waals surface area (Å²) in [5, 5.41) is 3.44. The van der Waals surface area contributed by atoms with Crippen molar-refractivity contribution < 1.29 is 13.2 Å². The number of likely N-dealkylation sites (N-methyl/N-ethyl adjacent to an activating group) is 1. The Morgan fingerprint density at radius 2 is 2.20 bits per heavy atom. The second-order valence-corrected chi connectivity index (χ2v) is 7.75. The second kappa shape index (κ2) is 6.19. The van der Waals surface area contributed by atoms with Gasteiger partial charge < -0.3 is 10.1 Å². The lowest BCUT2D eigenvalue weighted by atomic mass is 10.3. The van der Waals surface area contributed by atoms with Crippen LogP contribution < -0.4 is 10.1 Å². The number of benzene rings is 1. The van der Waals surface area contributed by atoms with Gasteiger partial charge in [-0.3, -0.25) is 0 Å². The van der Waals surface area contributed by atoms with Crippen LogP contribution in [0, 0.1) is 0 Å². The molecule has 1 fully saturated rings. The molecule has 0 aliphatic carbocycles. The highest BCUT2D eigenvalue weighted by molar-refractivity contribution is 9.10. The summed E-state index contributed by atoms with van der Waals surface area (Å²) in [5.74, 6) is 0.280. The van der Waals surface area contributed by atoms with Crippen LogP contribution in [0.4, 0.5) is 0 Å². The predicted octanol–water partition coefficient (Wildman–Crippen LogP) is 2.09. The van der Waals surface area contributed by atoms with E-state index in [1.807, 2.05) is 7.05 Å². The van der Waals surface area contributed by atoms with Gasteiger partial charge >= 0.3 is 0 Å². The number of hydrogen-bond acceptors (Lipinski definition) is 4. The number of sulfonamides is 1. The molecule has 1 aliphatic heterocycles. The van der Waals surface area contributed by atoms with Crippen LogP contribution in [0.3, 0.4) is 0 Å². The lowest BCUT2D eigenvalue weighted by Gasteiger charge is -2.19. The van der Waals surface area contributed by atoms with Crippen LogP contribution in [0.1, 0.15) is 6.42 Å². The predicted molar refractivity (Wildman–Crippen MR) is 81.9 cm³/mol. The van der Waals surface area contributed by atoms with Crippen LogP contribution in [0.25, 0.3) is 0 Å². The van der Waals surface area contributed by atoms with Crippen LogP contribution in [0.15, 0.2) is 21.5 Å². The second-order valence-electron chi connectivity index (χ2n) is 4.56. The Morgan fingerprint density at radius 3 is 2.75 bits per heavy atom. The molecule has 112 valence electrons. The minimum atomic E-state index is -3.62. The highest BCUT2D eigenvalue weighted by Gasteiger charge is 2.34. The largest absolute Gasteiger partial charge is 0.494 e. The highest BCUT2D eigenvalue weighted by Crippen LogP contribution is 2.37. The maximum atomic E-state index is 12.7. The Morgan fingerprint density at radius 1 is 1.50 bits per heavy atom. The Balaban J connectivity index is 2.45. The lowest BCUT2D eigenvalue weighted by molar-refractivity contribution is 0.395. The van der Waals surface area contributed by atoms with Crippen molar-refractivity contribution in [1.29, 1.82) is 0 Å². The molecule has 8 heteroatoms. The van der Waals surface area contributed by atoms with Gasteiger partial charge in [-0.1, -0.05) is 11.6 Å². The molecule has 1 unspecified atom stereocenters. The summed E-state index contributed by atoms with van der Waals surface area (Å²) in [6, 6.07) is 3.21. The standard InChI is InChI=1S/C12H16BrClN2O3S/c1-15-9-3-4-16(7-9)20(17,18)11-6-8(14)5-10(13)12(11)19-2/h5-6,9,15H,3-4,7H2,1-2H3. The molecule has 0 bridgehead atoms. The van der Waals surface area contributed by atoms with Gasteiger partial charge in [0.2, 0.25) is 10.0 Å². The number of nitrogens with zero attached hydrogens (tertiary/aromatic N) is 1. The minimum absolute atomic E-state index is 0.0936. The molecule has 0 amide bonds. The molecule has 20 heavy (non-hydrogen) atoms. The van der Waals surface area contributed by atoms with Gasteiger partial charge in [0, 0.05) is 24.2 Å². The first-order valence-electron chi connectivity index (χ1n) is 6.10. The van der Waals surface area contributed by atoms with E-state index in [9.17, 15) is 8.42 Å². The fourth-order valence-electron chi connectivity index (χ4n) is 2.25. The van der Waals surface area contributed by atoms with Crippen molar-refractivity contribution in [2.24, 2.45) is 0 Å². The van der Waals surface area contributed by atoms with Crippen LogP contribution in [0.2, 0.25) is 5.02 Å². The lowest BCUT2D eigenvalue weighted by Crippen LogP contribution is -2.33. The van der Waals surface area contributed by atoms with Gasteiger partial charge in [-0.25, -0.2) is 8.42 Å². The van der Waals surface area contributed by atoms with E-state index >= 15 is 0 Å². The highest BCUT2D eigenvalue weighted by atomic mass is 79.9. The summed E-state index contributed by atoms with van der Waals surface area (Å²) in [7, 11) is -0.347. The van der Waals surface area contributed by atoms with E-state index in [-0.39, 0.29) is 16.7 Å². The summed E-state index contributed by atoms with van der Waals surface area (Å²) in [6.45, 7) is 0.938. The summed E-state index contributed by atoms with van der Waals surface area (Å²) >= 11 is 9.25. The van der Waals surface area contributed by atoms with Crippen molar-refractivity contribution in [2.45, 2.75) is 17.4 Å². The number of methoxy groups -OCH3 is 1. The Bertz CT molecular complexity index is 609. The van der Waals surface area contributed by atoms with Crippen molar-refractivity contribution in [3.63, 3.8) is 0 Å². The average Bonchev–Trinajstić information content (AvgIpc) is 2.87. The van der Waals surface area contributed by atoms with Gasteiger partial charge in [-0.15, -0.1) is 0 Å². The molecule has 1 atom stereocenters. The maximum absolute atomic E-state index is 12.7. The zero-order valence-electron chi connectivity index (χ0n) is 11.2. The van der Waals surface area contributed by atoms with Gasteiger partial charge in [-0.2, -0.15) is 4.31 Å². The fraction of sp³-hybridized carbons (Fsp3) is 0.500. The van der Waals surface area contributed by atoms with E-state index in [2.05, 4.69) is 21.2 Å². The molecule has 1 heterocycles. The summed E-state index contributed by atoms with van der Waals surface area (Å²) in [5.41, 5.74) is 0. The first kappa shape index (κ1) is 16.0. The topological polar surface area (TPSA) is 58.6 Å². The van der Waals surface area contributed by atoms with Gasteiger partial charge in [0.05, 0.1) is 11.6 Å². The van der Waals surface area contributed by atoms with Gasteiger partial charge in [-0.05, 0) is 41.5 Å². The molecule has 5 nitrogen and oxygen atoms in total. The van der Waals surface area contributed by atoms with Gasteiger partial charge in [0.1, 0.15) is 4.90 Å². The Kier molecular flexibility index (Phi) is 4.96. The van der Waals surface area contributed by atoms with Gasteiger partial charge in [0.15, 0.2) is 5.75 Å². The first-order chi connectivity index (χ1) is 9.40. The average molecular weight is 384 g/mol. The number of rotatable bonds is 4. The summed E-state index contributed by atoms with van der Waals surface area (Å²) < 4.78 is 32.6. The smallest absolute Gasteiger partial charge is 0.246 e. The zero-order chi connectivity index (χ0) is 14.9. The van der Waals surface area contributed by atoms with Crippen LogP contribution in [-0.2, 0) is 10.0 Å². The molecule has 0 saturated carbocycles. The first-order valence-corrected chi connectivity index (χ1v) is 8.71. The SMILES string of the molecule is CNC1CCN(S(=O)(=O)c2cc(Cl)cc(Br)c2OC)C1. The molecule has 1 N–H and O–H groups in total. The molecule has 0 aromatic heterocycles. The van der Waals surface area contributed by atoms with E-state index in [1.54, 1.807) is 6.07 Å². The number of hydrogen-bond donors (Lipinski definition) is 1. The third kappa shape index (κ3) is 2.96. The summed E-state index contributed by atoms with van der Waals surface area (Å²) in [6.07, 6.45) is 0.791. The zero-order valence-corrected chi connectivity index (χ0v) is 14.3. The van der Waals surface area contributed by atoms with Gasteiger partial charge in [0.25, 0.3) is 0 Å². The van der Waals surface area contributed by atoms with E-state index < -0.39 is 10.0 Å². The normalized spacial score (nSPS) is 20.3. The van der Waals surface area contributed by atoms with Crippen molar-refractivity contribution >= 4 is 37.6 Å².